The van der Waals surface area contributed by atoms with Crippen LogP contribution in [0.4, 0.5) is 4.39 Å². The molecule has 154 valence electrons. The fourth-order valence-electron chi connectivity index (χ4n) is 3.78. The second-order valence-electron chi connectivity index (χ2n) is 7.15. The van der Waals surface area contributed by atoms with Crippen molar-refractivity contribution in [3.05, 3.63) is 86.3 Å². The minimum absolute atomic E-state index is 0.106. The van der Waals surface area contributed by atoms with E-state index in [1.54, 1.807) is 35.0 Å². The van der Waals surface area contributed by atoms with Crippen molar-refractivity contribution in [2.45, 2.75) is 13.0 Å². The predicted octanol–water partition coefficient (Wildman–Crippen LogP) is 2.27. The third-order valence-corrected chi connectivity index (χ3v) is 5.44. The molecule has 3 aromatic rings. The Kier molecular flexibility index (Phi) is 4.95. The fraction of sp³-hybridized carbons (Fsp3) is 0.190. The van der Waals surface area contributed by atoms with Crippen LogP contribution in [0.3, 0.4) is 0 Å². The van der Waals surface area contributed by atoms with Crippen molar-refractivity contribution in [2.24, 2.45) is 12.8 Å². The zero-order valence-electron chi connectivity index (χ0n) is 16.1. The number of carbonyl (C=O) groups is 2. The Balaban J connectivity index is 1.78. The molecule has 0 radical (unpaired) electrons. The Bertz CT molecular complexity index is 1230. The number of hydrogen-bond donors (Lipinski definition) is 1. The largest absolute Gasteiger partial charge is 0.365 e. The summed E-state index contributed by atoms with van der Waals surface area (Å²) in [5.41, 5.74) is 6.84. The van der Waals surface area contributed by atoms with E-state index in [9.17, 15) is 18.8 Å². The van der Waals surface area contributed by atoms with Gasteiger partial charge in [0.25, 0.3) is 17.4 Å². The van der Waals surface area contributed by atoms with E-state index in [1.165, 1.54) is 28.8 Å². The Hall–Kier alpha value is -3.39. The van der Waals surface area contributed by atoms with Gasteiger partial charge in [-0.2, -0.15) is 0 Å². The first-order valence-corrected chi connectivity index (χ1v) is 9.58. The van der Waals surface area contributed by atoms with Gasteiger partial charge in [0.2, 0.25) is 0 Å². The van der Waals surface area contributed by atoms with Crippen molar-refractivity contribution < 1.29 is 14.0 Å². The quantitative estimate of drug-likeness (QED) is 0.693. The van der Waals surface area contributed by atoms with Crippen molar-refractivity contribution in [3.63, 3.8) is 0 Å². The molecule has 0 unspecified atom stereocenters. The molecule has 0 saturated carbocycles. The molecule has 30 heavy (non-hydrogen) atoms. The van der Waals surface area contributed by atoms with E-state index in [0.717, 1.165) is 0 Å². The van der Waals surface area contributed by atoms with Crippen molar-refractivity contribution in [1.29, 1.82) is 0 Å². The summed E-state index contributed by atoms with van der Waals surface area (Å²) in [4.78, 5) is 39.6. The molecule has 0 spiro atoms. The van der Waals surface area contributed by atoms with Crippen LogP contribution in [-0.4, -0.2) is 32.4 Å². The standard InChI is InChI=1S/C21H18ClFN4O3/c1-25-11-13(22)8-17(25)20(29)26-7-6-16-12(9-26)10-27(21(30)18(16)19(24)28)15-4-2-14(23)3-5-15/h2-5,8,10-11H,6-7,9H2,1H3,(H2,24,28). The van der Waals surface area contributed by atoms with Gasteiger partial charge in [0, 0.05) is 38.2 Å². The lowest BCUT2D eigenvalue weighted by molar-refractivity contribution is 0.0724. The molecule has 2 N–H and O–H groups in total. The van der Waals surface area contributed by atoms with E-state index in [1.807, 2.05) is 0 Å². The third-order valence-electron chi connectivity index (χ3n) is 5.23. The Morgan fingerprint density at radius 1 is 1.17 bits per heavy atom. The Morgan fingerprint density at radius 3 is 2.47 bits per heavy atom. The molecule has 0 bridgehead atoms. The highest BCUT2D eigenvalue weighted by molar-refractivity contribution is 6.31. The number of halogens is 2. The van der Waals surface area contributed by atoms with Crippen LogP contribution < -0.4 is 11.3 Å². The number of rotatable bonds is 3. The number of amides is 2. The highest BCUT2D eigenvalue weighted by Gasteiger charge is 2.29. The summed E-state index contributed by atoms with van der Waals surface area (Å²) in [5.74, 6) is -1.49. The van der Waals surface area contributed by atoms with Gasteiger partial charge in [0.15, 0.2) is 0 Å². The zero-order chi connectivity index (χ0) is 21.6. The van der Waals surface area contributed by atoms with Gasteiger partial charge in [-0.15, -0.1) is 0 Å². The number of pyridine rings is 1. The molecule has 2 amide bonds. The maximum absolute atomic E-state index is 13.3. The lowest BCUT2D eigenvalue weighted by Crippen LogP contribution is -2.40. The monoisotopic (exact) mass is 428 g/mol. The van der Waals surface area contributed by atoms with Crippen LogP contribution >= 0.6 is 11.6 Å². The van der Waals surface area contributed by atoms with Gasteiger partial charge in [0.1, 0.15) is 17.1 Å². The topological polar surface area (TPSA) is 90.3 Å². The number of fused-ring (bicyclic) bond motifs is 1. The lowest BCUT2D eigenvalue weighted by Gasteiger charge is -2.30. The molecule has 0 atom stereocenters. The van der Waals surface area contributed by atoms with E-state index < -0.39 is 17.3 Å². The molecule has 1 aromatic carbocycles. The predicted molar refractivity (Wildman–Crippen MR) is 109 cm³/mol. The number of nitrogens with two attached hydrogens (primary N) is 1. The number of carbonyl (C=O) groups excluding carboxylic acids is 2. The minimum Gasteiger partial charge on any atom is -0.365 e. The summed E-state index contributed by atoms with van der Waals surface area (Å²) in [6.07, 6.45) is 3.54. The van der Waals surface area contributed by atoms with Gasteiger partial charge >= 0.3 is 0 Å². The van der Waals surface area contributed by atoms with E-state index >= 15 is 0 Å². The summed E-state index contributed by atoms with van der Waals surface area (Å²) in [6, 6.07) is 6.91. The molecule has 1 aliphatic heterocycles. The fourth-order valence-corrected chi connectivity index (χ4v) is 4.03. The van der Waals surface area contributed by atoms with Crippen LogP contribution in [0.1, 0.15) is 32.0 Å². The van der Waals surface area contributed by atoms with Crippen LogP contribution in [0, 0.1) is 5.82 Å². The average molecular weight is 429 g/mol. The van der Waals surface area contributed by atoms with Crippen molar-refractivity contribution >= 4 is 23.4 Å². The van der Waals surface area contributed by atoms with Crippen LogP contribution in [0.25, 0.3) is 5.69 Å². The highest BCUT2D eigenvalue weighted by atomic mass is 35.5. The van der Waals surface area contributed by atoms with Crippen LogP contribution in [0.15, 0.2) is 47.5 Å². The number of aryl methyl sites for hydroxylation is 1. The smallest absolute Gasteiger partial charge is 0.270 e. The molecule has 9 heteroatoms. The van der Waals surface area contributed by atoms with E-state index in [-0.39, 0.29) is 18.0 Å². The average Bonchev–Trinajstić information content (AvgIpc) is 3.05. The zero-order valence-corrected chi connectivity index (χ0v) is 16.8. The van der Waals surface area contributed by atoms with E-state index in [2.05, 4.69) is 0 Å². The first-order valence-electron chi connectivity index (χ1n) is 9.20. The van der Waals surface area contributed by atoms with Crippen LogP contribution in [0.5, 0.6) is 0 Å². The number of nitrogens with zero attached hydrogens (tertiary/aromatic N) is 3. The molecule has 0 fully saturated rings. The van der Waals surface area contributed by atoms with E-state index in [4.69, 9.17) is 17.3 Å². The first-order chi connectivity index (χ1) is 14.3. The number of aromatic nitrogens is 2. The maximum Gasteiger partial charge on any atom is 0.270 e. The lowest BCUT2D eigenvalue weighted by atomic mass is 9.95. The van der Waals surface area contributed by atoms with E-state index in [0.29, 0.717) is 40.5 Å². The first kappa shape index (κ1) is 19.9. The van der Waals surface area contributed by atoms with Crippen LogP contribution in [-0.2, 0) is 20.0 Å². The molecule has 0 aliphatic carbocycles. The summed E-state index contributed by atoms with van der Waals surface area (Å²) in [6.45, 7) is 0.521. The van der Waals surface area contributed by atoms with Crippen molar-refractivity contribution in [1.82, 2.24) is 14.0 Å². The normalized spacial score (nSPS) is 13.2. The SMILES string of the molecule is Cn1cc(Cl)cc1C(=O)N1CCc2c(cn(-c3ccc(F)cc3)c(=O)c2C(N)=O)C1. The van der Waals surface area contributed by atoms with Gasteiger partial charge in [-0.3, -0.25) is 19.0 Å². The second-order valence-corrected chi connectivity index (χ2v) is 7.59. The highest BCUT2D eigenvalue weighted by Crippen LogP contribution is 2.24. The molecule has 7 nitrogen and oxygen atoms in total. The third kappa shape index (κ3) is 3.39. The summed E-state index contributed by atoms with van der Waals surface area (Å²) < 4.78 is 16.2. The number of primary amides is 1. The summed E-state index contributed by atoms with van der Waals surface area (Å²) >= 11 is 5.99. The van der Waals surface area contributed by atoms with Crippen molar-refractivity contribution in [2.75, 3.05) is 6.54 Å². The molecule has 1 aliphatic rings. The van der Waals surface area contributed by atoms with Crippen LogP contribution in [0.2, 0.25) is 5.02 Å². The molecule has 2 aromatic heterocycles. The molecule has 3 heterocycles. The van der Waals surface area contributed by atoms with Gasteiger partial charge in [-0.05, 0) is 47.9 Å². The second kappa shape index (κ2) is 7.46. The molecular weight excluding hydrogens is 411 g/mol. The van der Waals surface area contributed by atoms with Gasteiger partial charge in [-0.1, -0.05) is 11.6 Å². The number of hydrogen-bond acceptors (Lipinski definition) is 3. The molecular formula is C21H18ClFN4O3. The van der Waals surface area contributed by atoms with Gasteiger partial charge in [-0.25, -0.2) is 4.39 Å². The summed E-state index contributed by atoms with van der Waals surface area (Å²) in [5, 5.41) is 0.458. The van der Waals surface area contributed by atoms with Crippen molar-refractivity contribution in [3.8, 4) is 5.69 Å². The molecule has 0 saturated heterocycles. The van der Waals surface area contributed by atoms with Gasteiger partial charge < -0.3 is 15.2 Å². The Morgan fingerprint density at radius 2 is 1.87 bits per heavy atom. The van der Waals surface area contributed by atoms with Gasteiger partial charge in [0.05, 0.1) is 5.02 Å². The molecule has 4 rings (SSSR count). The maximum atomic E-state index is 13.3. The minimum atomic E-state index is -0.832. The Labute approximate surface area is 176 Å². The number of benzene rings is 1. The summed E-state index contributed by atoms with van der Waals surface area (Å²) in [7, 11) is 1.73.